The first kappa shape index (κ1) is 13.4. The van der Waals surface area contributed by atoms with Crippen LogP contribution in [0.5, 0.6) is 0 Å². The van der Waals surface area contributed by atoms with Gasteiger partial charge in [0.2, 0.25) is 0 Å². The van der Waals surface area contributed by atoms with Crippen molar-refractivity contribution in [1.82, 2.24) is 0 Å². The van der Waals surface area contributed by atoms with Crippen molar-refractivity contribution in [3.63, 3.8) is 0 Å². The summed E-state index contributed by atoms with van der Waals surface area (Å²) in [5.41, 5.74) is 2.19. The zero-order chi connectivity index (χ0) is 13.4. The van der Waals surface area contributed by atoms with E-state index >= 15 is 0 Å². The molecule has 2 saturated carbocycles. The fourth-order valence-electron chi connectivity index (χ4n) is 4.10. The molecule has 104 valence electrons. The van der Waals surface area contributed by atoms with Gasteiger partial charge in [-0.3, -0.25) is 0 Å². The van der Waals surface area contributed by atoms with Crippen LogP contribution in [0.4, 0.5) is 5.69 Å². The Morgan fingerprint density at radius 1 is 1.32 bits per heavy atom. The molecule has 0 radical (unpaired) electrons. The van der Waals surface area contributed by atoms with E-state index in [2.05, 4.69) is 40.0 Å². The zero-order valence-corrected chi connectivity index (χ0v) is 13.1. The Bertz CT molecular complexity index is 462. The van der Waals surface area contributed by atoms with Crippen molar-refractivity contribution in [3.05, 3.63) is 28.2 Å². The Balaban J connectivity index is 1.71. The van der Waals surface area contributed by atoms with E-state index in [1.165, 1.54) is 31.4 Å². The Morgan fingerprint density at radius 2 is 2.16 bits per heavy atom. The molecule has 1 aromatic rings. The summed E-state index contributed by atoms with van der Waals surface area (Å²) in [7, 11) is 2.16. The fourth-order valence-corrected chi connectivity index (χ4v) is 4.51. The molecule has 2 aliphatic carbocycles. The molecule has 2 bridgehead atoms. The van der Waals surface area contributed by atoms with Crippen LogP contribution >= 0.6 is 15.9 Å². The number of fused-ring (bicyclic) bond motifs is 2. The smallest absolute Gasteiger partial charge is 0.0702 e. The maximum Gasteiger partial charge on any atom is 0.0702 e. The highest BCUT2D eigenvalue weighted by atomic mass is 79.9. The average Bonchev–Trinajstić information content (AvgIpc) is 3.00. The molecule has 2 fully saturated rings. The van der Waals surface area contributed by atoms with Crippen molar-refractivity contribution >= 4 is 21.6 Å². The Labute approximate surface area is 123 Å². The molecule has 3 unspecified atom stereocenters. The quantitative estimate of drug-likeness (QED) is 0.910. The van der Waals surface area contributed by atoms with Crippen LogP contribution in [0.25, 0.3) is 0 Å². The van der Waals surface area contributed by atoms with Gasteiger partial charge in [0.05, 0.1) is 6.61 Å². The molecule has 0 amide bonds. The third kappa shape index (κ3) is 2.68. The third-order valence-corrected chi connectivity index (χ3v) is 5.51. The Hall–Kier alpha value is -0.540. The number of nitrogens with zero attached hydrogens (tertiary/aromatic N) is 1. The molecule has 0 heterocycles. The van der Waals surface area contributed by atoms with Crippen LogP contribution in [0.15, 0.2) is 22.7 Å². The molecule has 1 aromatic carbocycles. The minimum Gasteiger partial charge on any atom is -0.392 e. The maximum atomic E-state index is 9.51. The van der Waals surface area contributed by atoms with E-state index in [-0.39, 0.29) is 6.61 Å². The van der Waals surface area contributed by atoms with Crippen LogP contribution in [0.2, 0.25) is 0 Å². The Morgan fingerprint density at radius 3 is 2.79 bits per heavy atom. The number of halogens is 1. The lowest BCUT2D eigenvalue weighted by atomic mass is 9.88. The first-order chi connectivity index (χ1) is 9.17. The summed E-state index contributed by atoms with van der Waals surface area (Å²) < 4.78 is 1.04. The average molecular weight is 324 g/mol. The van der Waals surface area contributed by atoms with Gasteiger partial charge in [0, 0.05) is 29.3 Å². The van der Waals surface area contributed by atoms with E-state index in [1.54, 1.807) is 0 Å². The van der Waals surface area contributed by atoms with E-state index < -0.39 is 0 Å². The van der Waals surface area contributed by atoms with Gasteiger partial charge in [-0.25, -0.2) is 0 Å². The summed E-state index contributed by atoms with van der Waals surface area (Å²) in [5, 5.41) is 9.51. The molecule has 3 heteroatoms. The SMILES string of the molecule is CN(CC1CC2CCC1C2)c1ccc(Br)cc1CO. The molecular formula is C16H22BrNO. The van der Waals surface area contributed by atoms with E-state index in [0.29, 0.717) is 0 Å². The van der Waals surface area contributed by atoms with E-state index in [0.717, 1.165) is 34.3 Å². The van der Waals surface area contributed by atoms with Crippen LogP contribution in [0.1, 0.15) is 31.2 Å². The van der Waals surface area contributed by atoms with Gasteiger partial charge >= 0.3 is 0 Å². The lowest BCUT2D eigenvalue weighted by molar-refractivity contribution is 0.281. The van der Waals surface area contributed by atoms with E-state index in [9.17, 15) is 5.11 Å². The van der Waals surface area contributed by atoms with Crippen LogP contribution in [-0.4, -0.2) is 18.7 Å². The van der Waals surface area contributed by atoms with E-state index in [1.807, 2.05) is 6.07 Å². The van der Waals surface area contributed by atoms with Crippen molar-refractivity contribution in [2.75, 3.05) is 18.5 Å². The normalized spacial score (nSPS) is 28.9. The number of hydrogen-bond acceptors (Lipinski definition) is 2. The number of aliphatic hydroxyl groups is 1. The fraction of sp³-hybridized carbons (Fsp3) is 0.625. The van der Waals surface area contributed by atoms with Gasteiger partial charge in [0.1, 0.15) is 0 Å². The van der Waals surface area contributed by atoms with Crippen molar-refractivity contribution in [2.24, 2.45) is 17.8 Å². The second kappa shape index (κ2) is 5.45. The molecule has 0 spiro atoms. The lowest BCUT2D eigenvalue weighted by Gasteiger charge is -2.29. The van der Waals surface area contributed by atoms with Crippen LogP contribution in [0, 0.1) is 17.8 Å². The zero-order valence-electron chi connectivity index (χ0n) is 11.5. The molecule has 2 aliphatic rings. The summed E-state index contributed by atoms with van der Waals surface area (Å²) in [6, 6.07) is 6.20. The number of rotatable bonds is 4. The summed E-state index contributed by atoms with van der Waals surface area (Å²) in [5.74, 6) is 2.82. The molecule has 1 N–H and O–H groups in total. The van der Waals surface area contributed by atoms with Crippen molar-refractivity contribution in [2.45, 2.75) is 32.3 Å². The molecule has 3 rings (SSSR count). The maximum absolute atomic E-state index is 9.51. The topological polar surface area (TPSA) is 23.5 Å². The van der Waals surface area contributed by atoms with Gasteiger partial charge < -0.3 is 10.0 Å². The highest BCUT2D eigenvalue weighted by Crippen LogP contribution is 2.48. The minimum atomic E-state index is 0.107. The molecule has 3 atom stereocenters. The summed E-state index contributed by atoms with van der Waals surface area (Å²) in [6.45, 7) is 1.24. The van der Waals surface area contributed by atoms with Gasteiger partial charge in [-0.15, -0.1) is 0 Å². The number of benzene rings is 1. The monoisotopic (exact) mass is 323 g/mol. The van der Waals surface area contributed by atoms with Crippen molar-refractivity contribution in [1.29, 1.82) is 0 Å². The molecular weight excluding hydrogens is 302 g/mol. The highest BCUT2D eigenvalue weighted by Gasteiger charge is 2.39. The molecule has 0 aliphatic heterocycles. The van der Waals surface area contributed by atoms with Gasteiger partial charge in [-0.05, 0) is 55.2 Å². The molecule has 19 heavy (non-hydrogen) atoms. The van der Waals surface area contributed by atoms with Crippen LogP contribution in [-0.2, 0) is 6.61 Å². The van der Waals surface area contributed by atoms with Gasteiger partial charge in [0.25, 0.3) is 0 Å². The van der Waals surface area contributed by atoms with Crippen LogP contribution < -0.4 is 4.90 Å². The Kier molecular flexibility index (Phi) is 3.86. The number of anilines is 1. The largest absolute Gasteiger partial charge is 0.392 e. The van der Waals surface area contributed by atoms with Gasteiger partial charge in [-0.1, -0.05) is 22.4 Å². The number of aliphatic hydroxyl groups excluding tert-OH is 1. The molecule has 2 nitrogen and oxygen atoms in total. The highest BCUT2D eigenvalue weighted by molar-refractivity contribution is 9.10. The summed E-state index contributed by atoms with van der Waals surface area (Å²) in [6.07, 6.45) is 5.78. The van der Waals surface area contributed by atoms with Gasteiger partial charge in [0.15, 0.2) is 0 Å². The van der Waals surface area contributed by atoms with Crippen molar-refractivity contribution in [3.8, 4) is 0 Å². The molecule has 0 aromatic heterocycles. The van der Waals surface area contributed by atoms with Gasteiger partial charge in [-0.2, -0.15) is 0 Å². The second-order valence-electron chi connectivity index (χ2n) is 6.25. The standard InChI is InChI=1S/C16H22BrNO/c1-18(9-13-7-11-2-3-12(13)6-11)16-5-4-15(17)8-14(16)10-19/h4-5,8,11-13,19H,2-3,6-7,9-10H2,1H3. The number of hydrogen-bond donors (Lipinski definition) is 1. The third-order valence-electron chi connectivity index (χ3n) is 5.02. The van der Waals surface area contributed by atoms with Crippen molar-refractivity contribution < 1.29 is 5.11 Å². The van der Waals surface area contributed by atoms with Crippen LogP contribution in [0.3, 0.4) is 0 Å². The van der Waals surface area contributed by atoms with E-state index in [4.69, 9.17) is 0 Å². The predicted octanol–water partition coefficient (Wildman–Crippen LogP) is 3.81. The summed E-state index contributed by atoms with van der Waals surface area (Å²) >= 11 is 3.47. The first-order valence-corrected chi connectivity index (χ1v) is 8.07. The lowest BCUT2D eigenvalue weighted by Crippen LogP contribution is -2.29. The minimum absolute atomic E-state index is 0.107. The first-order valence-electron chi connectivity index (χ1n) is 7.27. The summed E-state index contributed by atoms with van der Waals surface area (Å²) in [4.78, 5) is 2.34. The second-order valence-corrected chi connectivity index (χ2v) is 7.16. The predicted molar refractivity (Wildman–Crippen MR) is 82.3 cm³/mol. The molecule has 0 saturated heterocycles.